The van der Waals surface area contributed by atoms with E-state index in [1.165, 1.54) is 28.4 Å². The van der Waals surface area contributed by atoms with Gasteiger partial charge in [-0.15, -0.1) is 0 Å². The lowest BCUT2D eigenvalue weighted by atomic mass is 9.97. The predicted molar refractivity (Wildman–Crippen MR) is 112 cm³/mol. The fourth-order valence-corrected chi connectivity index (χ4v) is 5.15. The molecule has 1 aromatic rings. The number of halogens is 3. The van der Waals surface area contributed by atoms with Crippen molar-refractivity contribution in [3.63, 3.8) is 0 Å². The summed E-state index contributed by atoms with van der Waals surface area (Å²) in [7, 11) is 0. The second kappa shape index (κ2) is 9.29. The van der Waals surface area contributed by atoms with E-state index >= 15 is 0 Å². The van der Waals surface area contributed by atoms with Crippen molar-refractivity contribution in [3.8, 4) is 6.07 Å². The lowest BCUT2D eigenvalue weighted by Crippen LogP contribution is -2.41. The monoisotopic (exact) mass is 471 g/mol. The SMILES string of the molecule is CC1(C)C(=O)N(c2ccc(C#N)c(C(F)(F)F)c2)C(=O)N1SC1CCC(OCCO)CC1. The van der Waals surface area contributed by atoms with Crippen LogP contribution in [0.2, 0.25) is 0 Å². The molecule has 7 nitrogen and oxygen atoms in total. The highest BCUT2D eigenvalue weighted by Crippen LogP contribution is 2.43. The summed E-state index contributed by atoms with van der Waals surface area (Å²) < 4.78 is 47.0. The van der Waals surface area contributed by atoms with E-state index in [1.54, 1.807) is 13.8 Å². The third kappa shape index (κ3) is 4.72. The van der Waals surface area contributed by atoms with Crippen LogP contribution in [0.15, 0.2) is 18.2 Å². The summed E-state index contributed by atoms with van der Waals surface area (Å²) in [4.78, 5) is 26.9. The van der Waals surface area contributed by atoms with Crippen LogP contribution in [0, 0.1) is 11.3 Å². The van der Waals surface area contributed by atoms with Crippen molar-refractivity contribution in [3.05, 3.63) is 29.3 Å². The highest BCUT2D eigenvalue weighted by Gasteiger charge is 2.53. The maximum absolute atomic E-state index is 13.4. The number of carbonyl (C=O) groups excluding carboxylic acids is 2. The molecule has 1 saturated carbocycles. The van der Waals surface area contributed by atoms with Gasteiger partial charge >= 0.3 is 12.2 Å². The molecule has 3 rings (SSSR count). The van der Waals surface area contributed by atoms with Gasteiger partial charge < -0.3 is 9.84 Å². The molecule has 11 heteroatoms. The van der Waals surface area contributed by atoms with Gasteiger partial charge in [0.25, 0.3) is 5.91 Å². The second-order valence-electron chi connectivity index (χ2n) is 8.21. The van der Waals surface area contributed by atoms with E-state index in [9.17, 15) is 22.8 Å². The van der Waals surface area contributed by atoms with Crippen molar-refractivity contribution >= 4 is 29.6 Å². The van der Waals surface area contributed by atoms with Crippen molar-refractivity contribution in [1.29, 1.82) is 5.26 Å². The predicted octanol–water partition coefficient (Wildman–Crippen LogP) is 4.09. The van der Waals surface area contributed by atoms with Crippen LogP contribution < -0.4 is 4.90 Å². The van der Waals surface area contributed by atoms with Crippen LogP contribution in [0.1, 0.15) is 50.7 Å². The first-order chi connectivity index (χ1) is 15.0. The van der Waals surface area contributed by atoms with E-state index in [-0.39, 0.29) is 30.3 Å². The Hall–Kier alpha value is -2.29. The van der Waals surface area contributed by atoms with Crippen molar-refractivity contribution in [2.75, 3.05) is 18.1 Å². The van der Waals surface area contributed by atoms with Gasteiger partial charge in [0.2, 0.25) is 0 Å². The molecule has 1 saturated heterocycles. The number of anilines is 1. The minimum Gasteiger partial charge on any atom is -0.394 e. The Morgan fingerprint density at radius 3 is 2.47 bits per heavy atom. The Bertz CT molecular complexity index is 924. The lowest BCUT2D eigenvalue weighted by Gasteiger charge is -2.33. The van der Waals surface area contributed by atoms with E-state index in [4.69, 9.17) is 15.1 Å². The molecule has 1 aliphatic carbocycles. The Kier molecular flexibility index (Phi) is 7.07. The fourth-order valence-electron chi connectivity index (χ4n) is 3.86. The summed E-state index contributed by atoms with van der Waals surface area (Å²) in [5, 5.41) is 17.9. The molecule has 1 N–H and O–H groups in total. The highest BCUT2D eigenvalue weighted by molar-refractivity contribution is 7.98. The van der Waals surface area contributed by atoms with Crippen LogP contribution in [-0.4, -0.2) is 51.5 Å². The highest BCUT2D eigenvalue weighted by atomic mass is 32.2. The number of hydrogen-bond acceptors (Lipinski definition) is 6. The standard InChI is InChI=1S/C21H24F3N3O4S/c1-20(2)18(29)26(14-4-3-13(12-25)17(11-14)21(22,23)24)19(30)27(20)32-16-7-5-15(6-8-16)31-10-9-28/h3-4,11,15-16,28H,5-10H2,1-2H3. The topological polar surface area (TPSA) is 93.9 Å². The van der Waals surface area contributed by atoms with E-state index in [0.29, 0.717) is 6.07 Å². The average molecular weight is 472 g/mol. The first kappa shape index (κ1) is 24.4. The van der Waals surface area contributed by atoms with Gasteiger partial charge in [-0.3, -0.25) is 9.10 Å². The first-order valence-electron chi connectivity index (χ1n) is 10.2. The molecule has 0 unspecified atom stereocenters. The quantitative estimate of drug-likeness (QED) is 0.496. The maximum Gasteiger partial charge on any atom is 0.417 e. The van der Waals surface area contributed by atoms with Crippen LogP contribution in [-0.2, 0) is 15.7 Å². The van der Waals surface area contributed by atoms with Crippen LogP contribution in [0.4, 0.5) is 23.7 Å². The number of carbonyl (C=O) groups is 2. The van der Waals surface area contributed by atoms with E-state index in [2.05, 4.69) is 0 Å². The van der Waals surface area contributed by atoms with Gasteiger partial charge in [0.1, 0.15) is 5.54 Å². The van der Waals surface area contributed by atoms with Crippen molar-refractivity contribution in [1.82, 2.24) is 4.31 Å². The Morgan fingerprint density at radius 1 is 1.25 bits per heavy atom. The van der Waals surface area contributed by atoms with Gasteiger partial charge in [-0.2, -0.15) is 18.4 Å². The molecule has 0 spiro atoms. The Balaban J connectivity index is 1.80. The molecular formula is C21H24F3N3O4S. The summed E-state index contributed by atoms with van der Waals surface area (Å²) in [6, 6.07) is 3.60. The molecule has 1 aromatic carbocycles. The molecule has 2 aliphatic rings. The molecule has 32 heavy (non-hydrogen) atoms. The zero-order chi connectivity index (χ0) is 23.7. The summed E-state index contributed by atoms with van der Waals surface area (Å²) in [6.07, 6.45) is -1.77. The maximum atomic E-state index is 13.4. The molecule has 0 atom stereocenters. The lowest BCUT2D eigenvalue weighted by molar-refractivity contribution is -0.137. The number of imide groups is 1. The van der Waals surface area contributed by atoms with Crippen LogP contribution in [0.5, 0.6) is 0 Å². The van der Waals surface area contributed by atoms with Gasteiger partial charge in [-0.05, 0) is 69.7 Å². The fraction of sp³-hybridized carbons (Fsp3) is 0.571. The number of ether oxygens (including phenoxy) is 1. The van der Waals surface area contributed by atoms with Gasteiger partial charge in [0.15, 0.2) is 0 Å². The molecule has 174 valence electrons. The molecule has 0 radical (unpaired) electrons. The summed E-state index contributed by atoms with van der Waals surface area (Å²) in [5.74, 6) is -0.632. The number of alkyl halides is 3. The minimum atomic E-state index is -4.80. The summed E-state index contributed by atoms with van der Waals surface area (Å²) in [5.41, 5.74) is -3.24. The number of rotatable bonds is 6. The number of aliphatic hydroxyl groups excluding tert-OH is 1. The third-order valence-corrected chi connectivity index (χ3v) is 7.20. The van der Waals surface area contributed by atoms with Gasteiger partial charge in [0.05, 0.1) is 42.2 Å². The number of hydrogen-bond donors (Lipinski definition) is 1. The summed E-state index contributed by atoms with van der Waals surface area (Å²) >= 11 is 1.23. The van der Waals surface area contributed by atoms with E-state index < -0.39 is 34.8 Å². The molecule has 2 fully saturated rings. The zero-order valence-electron chi connectivity index (χ0n) is 17.7. The molecule has 0 bridgehead atoms. The van der Waals surface area contributed by atoms with Crippen molar-refractivity contribution in [2.24, 2.45) is 0 Å². The van der Waals surface area contributed by atoms with Crippen LogP contribution in [0.3, 0.4) is 0 Å². The van der Waals surface area contributed by atoms with Gasteiger partial charge in [0, 0.05) is 5.25 Å². The average Bonchev–Trinajstić information content (AvgIpc) is 2.91. The van der Waals surface area contributed by atoms with Gasteiger partial charge in [-0.25, -0.2) is 9.69 Å². The van der Waals surface area contributed by atoms with Crippen molar-refractivity contribution < 1.29 is 32.6 Å². The van der Waals surface area contributed by atoms with Crippen LogP contribution in [0.25, 0.3) is 0 Å². The molecular weight excluding hydrogens is 447 g/mol. The van der Waals surface area contributed by atoms with Crippen molar-refractivity contribution in [2.45, 2.75) is 62.6 Å². The Morgan fingerprint density at radius 2 is 1.91 bits per heavy atom. The Labute approximate surface area is 188 Å². The smallest absolute Gasteiger partial charge is 0.394 e. The van der Waals surface area contributed by atoms with E-state index in [1.807, 2.05) is 0 Å². The number of nitrogens with zero attached hydrogens (tertiary/aromatic N) is 3. The largest absolute Gasteiger partial charge is 0.417 e. The second-order valence-corrected chi connectivity index (χ2v) is 9.46. The molecule has 3 amide bonds. The van der Waals surface area contributed by atoms with E-state index in [0.717, 1.165) is 36.6 Å². The molecule has 1 heterocycles. The molecule has 0 aromatic heterocycles. The summed E-state index contributed by atoms with van der Waals surface area (Å²) in [6.45, 7) is 3.34. The number of urea groups is 1. The number of amides is 3. The van der Waals surface area contributed by atoms with Crippen LogP contribution >= 0.6 is 11.9 Å². The molecule has 1 aliphatic heterocycles. The normalized spacial score (nSPS) is 23.5. The minimum absolute atomic E-state index is 0.0406. The third-order valence-electron chi connectivity index (χ3n) is 5.61. The first-order valence-corrected chi connectivity index (χ1v) is 11.0. The number of aliphatic hydroxyl groups is 1. The number of benzene rings is 1. The van der Waals surface area contributed by atoms with Gasteiger partial charge in [-0.1, -0.05) is 0 Å². The number of nitriles is 1. The zero-order valence-corrected chi connectivity index (χ0v) is 18.5.